The van der Waals surface area contributed by atoms with E-state index in [2.05, 4.69) is 11.8 Å². The van der Waals surface area contributed by atoms with Gasteiger partial charge in [0.15, 0.2) is 11.5 Å². The number of benzene rings is 1. The lowest BCUT2D eigenvalue weighted by Gasteiger charge is -2.50. The molecule has 3 aliphatic rings. The van der Waals surface area contributed by atoms with Gasteiger partial charge >= 0.3 is 0 Å². The monoisotopic (exact) mass is 360 g/mol. The first-order valence-electron chi connectivity index (χ1n) is 9.58. The Balaban J connectivity index is 1.27. The number of amides is 1. The molecule has 3 aliphatic heterocycles. The second-order valence-electron chi connectivity index (χ2n) is 7.66. The summed E-state index contributed by atoms with van der Waals surface area (Å²) < 4.78 is 17.9. The van der Waals surface area contributed by atoms with Crippen LogP contribution in [0.15, 0.2) is 24.3 Å². The van der Waals surface area contributed by atoms with Gasteiger partial charge in [0, 0.05) is 33.1 Å². The SMILES string of the molecule is CC1N(C)C(=O)COC12CCN(CCC1COc3ccccc3O1)CC2. The van der Waals surface area contributed by atoms with Crippen LogP contribution in [-0.2, 0) is 9.53 Å². The van der Waals surface area contributed by atoms with Gasteiger partial charge in [-0.3, -0.25) is 4.79 Å². The molecule has 1 amide bonds. The van der Waals surface area contributed by atoms with E-state index in [4.69, 9.17) is 14.2 Å². The van der Waals surface area contributed by atoms with Gasteiger partial charge in [-0.25, -0.2) is 0 Å². The Morgan fingerprint density at radius 1 is 1.19 bits per heavy atom. The van der Waals surface area contributed by atoms with Crippen LogP contribution in [0.25, 0.3) is 0 Å². The highest BCUT2D eigenvalue weighted by Crippen LogP contribution is 2.35. The standard InChI is InChI=1S/C20H28N2O4/c1-15-20(25-14-19(23)21(15)2)8-11-22(12-9-20)10-7-16-13-24-17-5-3-4-6-18(17)26-16/h3-6,15-16H,7-14H2,1-2H3. The molecule has 6 nitrogen and oxygen atoms in total. The number of rotatable bonds is 3. The Labute approximate surface area is 155 Å². The van der Waals surface area contributed by atoms with Crippen LogP contribution in [0.1, 0.15) is 26.2 Å². The van der Waals surface area contributed by atoms with Gasteiger partial charge in [0.2, 0.25) is 5.91 Å². The molecule has 3 heterocycles. The van der Waals surface area contributed by atoms with Crippen molar-refractivity contribution >= 4 is 5.91 Å². The second kappa shape index (κ2) is 7.08. The molecule has 0 aliphatic carbocycles. The molecule has 4 rings (SSSR count). The van der Waals surface area contributed by atoms with E-state index in [1.54, 1.807) is 0 Å². The van der Waals surface area contributed by atoms with Gasteiger partial charge in [0.25, 0.3) is 0 Å². The number of morpholine rings is 1. The summed E-state index contributed by atoms with van der Waals surface area (Å²) in [6.07, 6.45) is 3.00. The van der Waals surface area contributed by atoms with Crippen molar-refractivity contribution < 1.29 is 19.0 Å². The molecule has 0 bridgehead atoms. The van der Waals surface area contributed by atoms with Crippen molar-refractivity contribution in [3.63, 3.8) is 0 Å². The maximum atomic E-state index is 11.8. The fraction of sp³-hybridized carbons (Fsp3) is 0.650. The zero-order valence-corrected chi connectivity index (χ0v) is 15.6. The maximum Gasteiger partial charge on any atom is 0.248 e. The number of hydrogen-bond donors (Lipinski definition) is 0. The Hall–Kier alpha value is -1.79. The number of para-hydroxylation sites is 2. The number of carbonyl (C=O) groups excluding carboxylic acids is 1. The van der Waals surface area contributed by atoms with Crippen LogP contribution in [0.3, 0.4) is 0 Å². The molecule has 26 heavy (non-hydrogen) atoms. The van der Waals surface area contributed by atoms with Crippen LogP contribution in [-0.4, -0.2) is 73.3 Å². The highest BCUT2D eigenvalue weighted by molar-refractivity contribution is 5.78. The predicted octanol–water partition coefficient (Wildman–Crippen LogP) is 1.93. The second-order valence-corrected chi connectivity index (χ2v) is 7.66. The summed E-state index contributed by atoms with van der Waals surface area (Å²) in [4.78, 5) is 16.1. The molecule has 2 unspecified atom stereocenters. The fourth-order valence-corrected chi connectivity index (χ4v) is 4.25. The number of likely N-dealkylation sites (tertiary alicyclic amines) is 1. The van der Waals surface area contributed by atoms with Crippen LogP contribution >= 0.6 is 0 Å². The average Bonchev–Trinajstić information content (AvgIpc) is 2.69. The molecule has 0 saturated carbocycles. The Kier molecular flexibility index (Phi) is 4.80. The summed E-state index contributed by atoms with van der Waals surface area (Å²) in [5.41, 5.74) is -0.178. The smallest absolute Gasteiger partial charge is 0.248 e. The third-order valence-corrected chi connectivity index (χ3v) is 6.26. The van der Waals surface area contributed by atoms with Gasteiger partial charge in [-0.1, -0.05) is 12.1 Å². The topological polar surface area (TPSA) is 51.2 Å². The number of hydrogen-bond acceptors (Lipinski definition) is 5. The number of nitrogens with zero attached hydrogens (tertiary/aromatic N) is 2. The quantitative estimate of drug-likeness (QED) is 0.824. The van der Waals surface area contributed by atoms with Crippen molar-refractivity contribution in [1.29, 1.82) is 0 Å². The van der Waals surface area contributed by atoms with Crippen LogP contribution in [0.4, 0.5) is 0 Å². The molecule has 2 atom stereocenters. The van der Waals surface area contributed by atoms with E-state index < -0.39 is 0 Å². The summed E-state index contributed by atoms with van der Waals surface area (Å²) in [7, 11) is 1.89. The van der Waals surface area contributed by atoms with Crippen LogP contribution in [0.2, 0.25) is 0 Å². The molecule has 2 fully saturated rings. The molecule has 0 aromatic heterocycles. The molecular weight excluding hydrogens is 332 g/mol. The minimum atomic E-state index is -0.178. The van der Waals surface area contributed by atoms with Crippen molar-refractivity contribution in [3.05, 3.63) is 24.3 Å². The van der Waals surface area contributed by atoms with Crippen molar-refractivity contribution in [1.82, 2.24) is 9.80 Å². The molecule has 1 aromatic carbocycles. The highest BCUT2D eigenvalue weighted by atomic mass is 16.6. The molecule has 0 radical (unpaired) electrons. The van der Waals surface area contributed by atoms with E-state index in [1.165, 1.54) is 0 Å². The third-order valence-electron chi connectivity index (χ3n) is 6.26. The zero-order valence-electron chi connectivity index (χ0n) is 15.6. The summed E-state index contributed by atoms with van der Waals surface area (Å²) >= 11 is 0. The van der Waals surface area contributed by atoms with Gasteiger partial charge in [0.1, 0.15) is 19.3 Å². The van der Waals surface area contributed by atoms with Crippen molar-refractivity contribution in [2.24, 2.45) is 0 Å². The third kappa shape index (κ3) is 3.28. The summed E-state index contributed by atoms with van der Waals surface area (Å²) in [5.74, 6) is 1.77. The normalized spacial score (nSPS) is 28.4. The van der Waals surface area contributed by atoms with Crippen molar-refractivity contribution in [2.45, 2.75) is 43.9 Å². The van der Waals surface area contributed by atoms with E-state index in [9.17, 15) is 4.79 Å². The Morgan fingerprint density at radius 3 is 2.69 bits per heavy atom. The highest BCUT2D eigenvalue weighted by Gasteiger charge is 2.46. The molecule has 2 saturated heterocycles. The molecule has 6 heteroatoms. The van der Waals surface area contributed by atoms with Crippen molar-refractivity contribution in [3.8, 4) is 11.5 Å². The number of carbonyl (C=O) groups is 1. The minimum Gasteiger partial charge on any atom is -0.486 e. The minimum absolute atomic E-state index is 0.0836. The average molecular weight is 360 g/mol. The van der Waals surface area contributed by atoms with E-state index in [0.717, 1.165) is 50.4 Å². The number of piperidine rings is 1. The molecular formula is C20H28N2O4. The summed E-state index contributed by atoms with van der Waals surface area (Å²) in [5, 5.41) is 0. The first kappa shape index (κ1) is 17.6. The number of likely N-dealkylation sites (N-methyl/N-ethyl adjacent to an activating group) is 1. The van der Waals surface area contributed by atoms with Crippen LogP contribution < -0.4 is 9.47 Å². The van der Waals surface area contributed by atoms with Crippen molar-refractivity contribution in [2.75, 3.05) is 39.9 Å². The van der Waals surface area contributed by atoms with Gasteiger partial charge in [-0.2, -0.15) is 0 Å². The van der Waals surface area contributed by atoms with E-state index in [-0.39, 0.29) is 30.3 Å². The van der Waals surface area contributed by atoms with Crippen LogP contribution in [0.5, 0.6) is 11.5 Å². The lowest BCUT2D eigenvalue weighted by Crippen LogP contribution is -2.63. The molecule has 1 spiro atoms. The van der Waals surface area contributed by atoms with Gasteiger partial charge in [0.05, 0.1) is 11.6 Å². The molecule has 1 aromatic rings. The predicted molar refractivity (Wildman–Crippen MR) is 97.6 cm³/mol. The number of fused-ring (bicyclic) bond motifs is 1. The van der Waals surface area contributed by atoms with Crippen LogP contribution in [0, 0.1) is 0 Å². The Morgan fingerprint density at radius 2 is 1.92 bits per heavy atom. The summed E-state index contributed by atoms with van der Waals surface area (Å²) in [6.45, 7) is 5.93. The zero-order chi connectivity index (χ0) is 18.1. The fourth-order valence-electron chi connectivity index (χ4n) is 4.25. The summed E-state index contributed by atoms with van der Waals surface area (Å²) in [6, 6.07) is 7.99. The first-order chi connectivity index (χ1) is 12.6. The maximum absolute atomic E-state index is 11.8. The lowest BCUT2D eigenvalue weighted by molar-refractivity contribution is -0.183. The van der Waals surface area contributed by atoms with Gasteiger partial charge < -0.3 is 24.0 Å². The molecule has 142 valence electrons. The van der Waals surface area contributed by atoms with E-state index in [1.807, 2.05) is 36.2 Å². The largest absolute Gasteiger partial charge is 0.486 e. The number of ether oxygens (including phenoxy) is 3. The molecule has 0 N–H and O–H groups in total. The lowest BCUT2D eigenvalue weighted by atomic mass is 9.83. The van der Waals surface area contributed by atoms with Gasteiger partial charge in [-0.05, 0) is 31.9 Å². The van der Waals surface area contributed by atoms with E-state index in [0.29, 0.717) is 6.61 Å². The van der Waals surface area contributed by atoms with Gasteiger partial charge in [-0.15, -0.1) is 0 Å². The first-order valence-corrected chi connectivity index (χ1v) is 9.58. The Bertz CT molecular complexity index is 657. The van der Waals surface area contributed by atoms with E-state index >= 15 is 0 Å².